The molecule has 0 aliphatic heterocycles. The van der Waals surface area contributed by atoms with E-state index in [-0.39, 0.29) is 0 Å². The molecule has 0 saturated heterocycles. The third-order valence-electron chi connectivity index (χ3n) is 2.32. The Bertz CT molecular complexity index is 405. The van der Waals surface area contributed by atoms with Gasteiger partial charge in [-0.05, 0) is 32.2 Å². The predicted molar refractivity (Wildman–Crippen MR) is 53.5 cm³/mol. The van der Waals surface area contributed by atoms with Crippen LogP contribution in [-0.4, -0.2) is 16.6 Å². The number of pyridine rings is 1. The van der Waals surface area contributed by atoms with Crippen LogP contribution in [0.1, 0.15) is 13.1 Å². The summed E-state index contributed by atoms with van der Waals surface area (Å²) < 4.78 is 2.17. The number of aromatic nitrogens is 2. The van der Waals surface area contributed by atoms with Crippen molar-refractivity contribution in [2.45, 2.75) is 13.1 Å². The van der Waals surface area contributed by atoms with Crippen LogP contribution in [0.15, 0.2) is 30.6 Å². The molecule has 1 N–H and O–H groups in total. The molecule has 0 spiro atoms. The number of hydrogen-bond acceptors (Lipinski definition) is 2. The zero-order valence-electron chi connectivity index (χ0n) is 7.86. The maximum Gasteiger partial charge on any atom is 0.0881 e. The van der Waals surface area contributed by atoms with E-state index in [1.54, 1.807) is 0 Å². The van der Waals surface area contributed by atoms with Crippen molar-refractivity contribution in [3.05, 3.63) is 30.6 Å². The molecule has 68 valence electrons. The van der Waals surface area contributed by atoms with E-state index in [9.17, 15) is 0 Å². The molecule has 13 heavy (non-hydrogen) atoms. The average molecular weight is 175 g/mol. The van der Waals surface area contributed by atoms with Gasteiger partial charge in [0.2, 0.25) is 0 Å². The molecule has 2 aromatic rings. The van der Waals surface area contributed by atoms with Gasteiger partial charge in [0.1, 0.15) is 0 Å². The van der Waals surface area contributed by atoms with Crippen molar-refractivity contribution in [1.82, 2.24) is 14.9 Å². The van der Waals surface area contributed by atoms with Crippen molar-refractivity contribution in [1.29, 1.82) is 0 Å². The minimum absolute atomic E-state index is 0.307. The zero-order chi connectivity index (χ0) is 9.26. The maximum atomic E-state index is 4.27. The van der Waals surface area contributed by atoms with E-state index in [0.29, 0.717) is 6.17 Å². The first kappa shape index (κ1) is 8.26. The standard InChI is InChI=1S/C10H13N3/c1-8(11-2)13-7-5-9-10(13)4-3-6-12-9/h3-8,11H,1-2H3. The molecule has 0 radical (unpaired) electrons. The molecule has 2 rings (SSSR count). The van der Waals surface area contributed by atoms with Gasteiger partial charge in [0, 0.05) is 12.4 Å². The van der Waals surface area contributed by atoms with Crippen LogP contribution in [0.4, 0.5) is 0 Å². The third kappa shape index (κ3) is 1.31. The quantitative estimate of drug-likeness (QED) is 0.754. The molecule has 0 amide bonds. The van der Waals surface area contributed by atoms with Gasteiger partial charge in [0.05, 0.1) is 17.2 Å². The molecule has 2 heterocycles. The van der Waals surface area contributed by atoms with Crippen molar-refractivity contribution in [2.75, 3.05) is 7.05 Å². The van der Waals surface area contributed by atoms with Gasteiger partial charge >= 0.3 is 0 Å². The van der Waals surface area contributed by atoms with Gasteiger partial charge in [0.15, 0.2) is 0 Å². The van der Waals surface area contributed by atoms with E-state index in [0.717, 1.165) is 5.52 Å². The van der Waals surface area contributed by atoms with Crippen LogP contribution in [0.25, 0.3) is 11.0 Å². The molecule has 3 heteroatoms. The summed E-state index contributed by atoms with van der Waals surface area (Å²) in [6.45, 7) is 2.12. The molecule has 1 unspecified atom stereocenters. The minimum atomic E-state index is 0.307. The largest absolute Gasteiger partial charge is 0.330 e. The van der Waals surface area contributed by atoms with E-state index >= 15 is 0 Å². The van der Waals surface area contributed by atoms with Gasteiger partial charge in [-0.25, -0.2) is 0 Å². The second kappa shape index (κ2) is 3.18. The first-order valence-corrected chi connectivity index (χ1v) is 4.42. The van der Waals surface area contributed by atoms with E-state index in [1.807, 2.05) is 25.4 Å². The van der Waals surface area contributed by atoms with Crippen LogP contribution in [0.5, 0.6) is 0 Å². The molecule has 3 nitrogen and oxygen atoms in total. The van der Waals surface area contributed by atoms with Crippen LogP contribution >= 0.6 is 0 Å². The van der Waals surface area contributed by atoms with Gasteiger partial charge < -0.3 is 9.88 Å². The molecule has 2 aromatic heterocycles. The molecule has 0 aliphatic rings. The molecule has 0 aromatic carbocycles. The zero-order valence-corrected chi connectivity index (χ0v) is 7.86. The number of nitrogens with zero attached hydrogens (tertiary/aromatic N) is 2. The van der Waals surface area contributed by atoms with Gasteiger partial charge in [-0.1, -0.05) is 0 Å². The van der Waals surface area contributed by atoms with Gasteiger partial charge in [-0.2, -0.15) is 0 Å². The molecular formula is C10H13N3. The van der Waals surface area contributed by atoms with Crippen molar-refractivity contribution in [2.24, 2.45) is 0 Å². The highest BCUT2D eigenvalue weighted by molar-refractivity contribution is 5.75. The van der Waals surface area contributed by atoms with Crippen LogP contribution in [-0.2, 0) is 0 Å². The Hall–Kier alpha value is -1.35. The lowest BCUT2D eigenvalue weighted by Crippen LogP contribution is -2.18. The second-order valence-electron chi connectivity index (χ2n) is 3.10. The highest BCUT2D eigenvalue weighted by Crippen LogP contribution is 2.15. The highest BCUT2D eigenvalue weighted by atomic mass is 15.1. The normalized spacial score (nSPS) is 13.4. The molecule has 0 saturated carbocycles. The van der Waals surface area contributed by atoms with Crippen molar-refractivity contribution >= 4 is 11.0 Å². The van der Waals surface area contributed by atoms with E-state index in [4.69, 9.17) is 0 Å². The van der Waals surface area contributed by atoms with Gasteiger partial charge in [-0.3, -0.25) is 4.98 Å². The molecule has 0 aliphatic carbocycles. The number of rotatable bonds is 2. The van der Waals surface area contributed by atoms with Crippen LogP contribution in [0, 0.1) is 0 Å². The summed E-state index contributed by atoms with van der Waals surface area (Å²) in [7, 11) is 1.95. The lowest BCUT2D eigenvalue weighted by atomic mass is 10.4. The Morgan fingerprint density at radius 1 is 1.46 bits per heavy atom. The first-order valence-electron chi connectivity index (χ1n) is 4.42. The fourth-order valence-corrected chi connectivity index (χ4v) is 1.46. The van der Waals surface area contributed by atoms with E-state index in [1.165, 1.54) is 5.52 Å². The Kier molecular flexibility index (Phi) is 2.02. The SMILES string of the molecule is CNC(C)n1ccc2ncccc21. The minimum Gasteiger partial charge on any atom is -0.330 e. The summed E-state index contributed by atoms with van der Waals surface area (Å²) in [4.78, 5) is 4.27. The predicted octanol–water partition coefficient (Wildman–Crippen LogP) is 1.77. The molecular weight excluding hydrogens is 162 g/mol. The fourth-order valence-electron chi connectivity index (χ4n) is 1.46. The first-order chi connectivity index (χ1) is 6.33. The number of hydrogen-bond donors (Lipinski definition) is 1. The lowest BCUT2D eigenvalue weighted by molar-refractivity contribution is 0.491. The van der Waals surface area contributed by atoms with Crippen LogP contribution in [0.3, 0.4) is 0 Å². The summed E-state index contributed by atoms with van der Waals surface area (Å²) >= 11 is 0. The molecule has 0 bridgehead atoms. The molecule has 1 atom stereocenters. The second-order valence-corrected chi connectivity index (χ2v) is 3.10. The summed E-state index contributed by atoms with van der Waals surface area (Å²) in [5.41, 5.74) is 2.22. The van der Waals surface area contributed by atoms with E-state index in [2.05, 4.69) is 34.1 Å². The summed E-state index contributed by atoms with van der Waals surface area (Å²) in [5.74, 6) is 0. The van der Waals surface area contributed by atoms with E-state index < -0.39 is 0 Å². The number of nitrogens with one attached hydrogen (secondary N) is 1. The summed E-state index contributed by atoms with van der Waals surface area (Å²) in [6, 6.07) is 6.07. The Balaban J connectivity index is 2.57. The summed E-state index contributed by atoms with van der Waals surface area (Å²) in [5, 5.41) is 3.19. The highest BCUT2D eigenvalue weighted by Gasteiger charge is 2.04. The molecule has 0 fully saturated rings. The Morgan fingerprint density at radius 2 is 2.31 bits per heavy atom. The Labute approximate surface area is 77.4 Å². The van der Waals surface area contributed by atoms with Crippen molar-refractivity contribution < 1.29 is 0 Å². The average Bonchev–Trinajstić information content (AvgIpc) is 2.60. The fraction of sp³-hybridized carbons (Fsp3) is 0.300. The summed E-state index contributed by atoms with van der Waals surface area (Å²) in [6.07, 6.45) is 4.18. The van der Waals surface area contributed by atoms with Crippen LogP contribution in [0.2, 0.25) is 0 Å². The smallest absolute Gasteiger partial charge is 0.0881 e. The third-order valence-corrected chi connectivity index (χ3v) is 2.32. The topological polar surface area (TPSA) is 29.9 Å². The van der Waals surface area contributed by atoms with Gasteiger partial charge in [-0.15, -0.1) is 0 Å². The monoisotopic (exact) mass is 175 g/mol. The van der Waals surface area contributed by atoms with Crippen LogP contribution < -0.4 is 5.32 Å². The Morgan fingerprint density at radius 3 is 3.08 bits per heavy atom. The lowest BCUT2D eigenvalue weighted by Gasteiger charge is -2.13. The number of fused-ring (bicyclic) bond motifs is 1. The van der Waals surface area contributed by atoms with Crippen molar-refractivity contribution in [3.63, 3.8) is 0 Å². The van der Waals surface area contributed by atoms with Gasteiger partial charge in [0.25, 0.3) is 0 Å². The maximum absolute atomic E-state index is 4.27. The van der Waals surface area contributed by atoms with Crippen molar-refractivity contribution in [3.8, 4) is 0 Å².